The normalized spacial score (nSPS) is 13.4. The number of aliphatic carboxylic acids is 1. The zero-order valence-corrected chi connectivity index (χ0v) is 10.9. The Kier molecular flexibility index (Phi) is 7.61. The van der Waals surface area contributed by atoms with Gasteiger partial charge in [-0.15, -0.1) is 0 Å². The molecule has 0 amide bonds. The van der Waals surface area contributed by atoms with Crippen LogP contribution >= 0.6 is 0 Å². The SMILES string of the molecule is CC(C)=CCC/C(C)=C/CCC(C)C(=O)O. The van der Waals surface area contributed by atoms with Gasteiger partial charge in [-0.2, -0.15) is 0 Å². The van der Waals surface area contributed by atoms with Crippen molar-refractivity contribution in [3.05, 3.63) is 23.3 Å². The molecule has 0 fully saturated rings. The molecule has 2 heteroatoms. The summed E-state index contributed by atoms with van der Waals surface area (Å²) >= 11 is 0. The topological polar surface area (TPSA) is 37.3 Å². The largest absolute Gasteiger partial charge is 0.481 e. The van der Waals surface area contributed by atoms with Crippen molar-refractivity contribution in [3.63, 3.8) is 0 Å². The molecular weight excluding hydrogens is 200 g/mol. The molecule has 92 valence electrons. The predicted molar refractivity (Wildman–Crippen MR) is 68.5 cm³/mol. The third kappa shape index (κ3) is 8.27. The first kappa shape index (κ1) is 14.9. The second kappa shape index (κ2) is 8.14. The summed E-state index contributed by atoms with van der Waals surface area (Å²) in [5.41, 5.74) is 2.71. The van der Waals surface area contributed by atoms with Gasteiger partial charge in [-0.3, -0.25) is 4.79 Å². The Balaban J connectivity index is 3.79. The zero-order chi connectivity index (χ0) is 12.6. The van der Waals surface area contributed by atoms with E-state index in [-0.39, 0.29) is 5.92 Å². The predicted octanol–water partition coefficient (Wildman–Crippen LogP) is 4.18. The average molecular weight is 224 g/mol. The average Bonchev–Trinajstić information content (AvgIpc) is 2.16. The number of hydrogen-bond acceptors (Lipinski definition) is 1. The van der Waals surface area contributed by atoms with Crippen LogP contribution in [0.4, 0.5) is 0 Å². The van der Waals surface area contributed by atoms with Crippen molar-refractivity contribution in [1.82, 2.24) is 0 Å². The van der Waals surface area contributed by atoms with E-state index < -0.39 is 5.97 Å². The van der Waals surface area contributed by atoms with Gasteiger partial charge in [0.2, 0.25) is 0 Å². The molecule has 2 nitrogen and oxygen atoms in total. The van der Waals surface area contributed by atoms with Crippen LogP contribution in [0, 0.1) is 5.92 Å². The van der Waals surface area contributed by atoms with E-state index >= 15 is 0 Å². The number of carboxylic acid groups (broad SMARTS) is 1. The van der Waals surface area contributed by atoms with E-state index in [0.717, 1.165) is 25.7 Å². The third-order valence-corrected chi connectivity index (χ3v) is 2.61. The van der Waals surface area contributed by atoms with Crippen LogP contribution in [-0.4, -0.2) is 11.1 Å². The van der Waals surface area contributed by atoms with Gasteiger partial charge in [-0.05, 0) is 46.5 Å². The monoisotopic (exact) mass is 224 g/mol. The minimum absolute atomic E-state index is 0.234. The molecule has 1 unspecified atom stereocenters. The van der Waals surface area contributed by atoms with Gasteiger partial charge in [0, 0.05) is 0 Å². The first-order chi connectivity index (χ1) is 7.43. The van der Waals surface area contributed by atoms with Gasteiger partial charge in [0.15, 0.2) is 0 Å². The fourth-order valence-electron chi connectivity index (χ4n) is 1.39. The van der Waals surface area contributed by atoms with Crippen molar-refractivity contribution in [1.29, 1.82) is 0 Å². The molecule has 1 N–H and O–H groups in total. The van der Waals surface area contributed by atoms with Crippen LogP contribution in [0.15, 0.2) is 23.3 Å². The zero-order valence-electron chi connectivity index (χ0n) is 10.9. The van der Waals surface area contributed by atoms with Gasteiger partial charge >= 0.3 is 5.97 Å². The minimum atomic E-state index is -0.699. The van der Waals surface area contributed by atoms with Crippen molar-refractivity contribution in [2.75, 3.05) is 0 Å². The standard InChI is InChI=1S/C14H24O2/c1-11(2)7-5-8-12(3)9-6-10-13(4)14(15)16/h7,9,13H,5-6,8,10H2,1-4H3,(H,15,16)/b12-9+. The van der Waals surface area contributed by atoms with Crippen molar-refractivity contribution in [2.24, 2.45) is 5.92 Å². The fourth-order valence-corrected chi connectivity index (χ4v) is 1.39. The lowest BCUT2D eigenvalue weighted by atomic mass is 10.0. The quantitative estimate of drug-likeness (QED) is 0.659. The van der Waals surface area contributed by atoms with Crippen molar-refractivity contribution in [3.8, 4) is 0 Å². The highest BCUT2D eigenvalue weighted by Gasteiger charge is 2.08. The summed E-state index contributed by atoms with van der Waals surface area (Å²) in [6.07, 6.45) is 8.16. The van der Waals surface area contributed by atoms with Gasteiger partial charge in [0.1, 0.15) is 0 Å². The van der Waals surface area contributed by atoms with Crippen LogP contribution in [0.2, 0.25) is 0 Å². The van der Waals surface area contributed by atoms with Crippen LogP contribution in [0.3, 0.4) is 0 Å². The van der Waals surface area contributed by atoms with Crippen molar-refractivity contribution >= 4 is 5.97 Å². The lowest BCUT2D eigenvalue weighted by Gasteiger charge is -2.04. The third-order valence-electron chi connectivity index (χ3n) is 2.61. The number of rotatable bonds is 7. The summed E-state index contributed by atoms with van der Waals surface area (Å²) in [6.45, 7) is 8.08. The second-order valence-electron chi connectivity index (χ2n) is 4.69. The molecular formula is C14H24O2. The van der Waals surface area contributed by atoms with Crippen LogP contribution in [0.1, 0.15) is 53.4 Å². The van der Waals surface area contributed by atoms with Crippen LogP contribution in [0.25, 0.3) is 0 Å². The van der Waals surface area contributed by atoms with Crippen LogP contribution < -0.4 is 0 Å². The maximum Gasteiger partial charge on any atom is 0.306 e. The van der Waals surface area contributed by atoms with Crippen LogP contribution in [0.5, 0.6) is 0 Å². The molecule has 1 atom stereocenters. The molecule has 0 aliphatic heterocycles. The van der Waals surface area contributed by atoms with Gasteiger partial charge in [0.05, 0.1) is 5.92 Å². The Labute approximate surface area is 99.1 Å². The molecule has 0 aliphatic carbocycles. The number of allylic oxidation sites excluding steroid dienone is 4. The van der Waals surface area contributed by atoms with E-state index in [9.17, 15) is 4.79 Å². The Morgan fingerprint density at radius 2 is 1.81 bits per heavy atom. The van der Waals surface area contributed by atoms with Crippen molar-refractivity contribution < 1.29 is 9.90 Å². The Morgan fingerprint density at radius 1 is 1.19 bits per heavy atom. The van der Waals surface area contributed by atoms with E-state index in [0.29, 0.717) is 0 Å². The molecule has 0 radical (unpaired) electrons. The Hall–Kier alpha value is -1.05. The molecule has 16 heavy (non-hydrogen) atoms. The summed E-state index contributed by atoms with van der Waals surface area (Å²) in [5, 5.41) is 8.72. The van der Waals surface area contributed by atoms with E-state index in [2.05, 4.69) is 32.9 Å². The number of carboxylic acids is 1. The molecule has 0 saturated carbocycles. The summed E-state index contributed by atoms with van der Waals surface area (Å²) in [5.74, 6) is -0.933. The highest BCUT2D eigenvalue weighted by Crippen LogP contribution is 2.11. The smallest absolute Gasteiger partial charge is 0.306 e. The number of carbonyl (C=O) groups is 1. The van der Waals surface area contributed by atoms with Crippen molar-refractivity contribution in [2.45, 2.75) is 53.4 Å². The highest BCUT2D eigenvalue weighted by molar-refractivity contribution is 5.69. The summed E-state index contributed by atoms with van der Waals surface area (Å²) in [4.78, 5) is 10.6. The molecule has 0 aromatic heterocycles. The van der Waals surface area contributed by atoms with E-state index in [1.54, 1.807) is 6.92 Å². The first-order valence-electron chi connectivity index (χ1n) is 5.95. The second-order valence-corrected chi connectivity index (χ2v) is 4.69. The fraction of sp³-hybridized carbons (Fsp3) is 0.643. The minimum Gasteiger partial charge on any atom is -0.481 e. The highest BCUT2D eigenvalue weighted by atomic mass is 16.4. The number of hydrogen-bond donors (Lipinski definition) is 1. The van der Waals surface area contributed by atoms with Gasteiger partial charge in [-0.1, -0.05) is 30.2 Å². The Bertz CT molecular complexity index is 270. The molecule has 0 bridgehead atoms. The maximum absolute atomic E-state index is 10.6. The molecule has 0 aromatic rings. The molecule has 0 aromatic carbocycles. The molecule has 0 spiro atoms. The lowest BCUT2D eigenvalue weighted by Crippen LogP contribution is -2.08. The summed E-state index contributed by atoms with van der Waals surface area (Å²) in [7, 11) is 0. The molecule has 0 rings (SSSR count). The first-order valence-corrected chi connectivity index (χ1v) is 5.95. The summed E-state index contributed by atoms with van der Waals surface area (Å²) < 4.78 is 0. The molecule has 0 heterocycles. The van der Waals surface area contributed by atoms with Crippen LogP contribution in [-0.2, 0) is 4.79 Å². The summed E-state index contributed by atoms with van der Waals surface area (Å²) in [6, 6.07) is 0. The lowest BCUT2D eigenvalue weighted by molar-refractivity contribution is -0.141. The van der Waals surface area contributed by atoms with E-state index in [4.69, 9.17) is 5.11 Å². The molecule has 0 aliphatic rings. The van der Waals surface area contributed by atoms with Gasteiger partial charge in [-0.25, -0.2) is 0 Å². The van der Waals surface area contributed by atoms with E-state index in [1.807, 2.05) is 0 Å². The van der Waals surface area contributed by atoms with E-state index in [1.165, 1.54) is 11.1 Å². The molecule has 0 saturated heterocycles. The maximum atomic E-state index is 10.6. The van der Waals surface area contributed by atoms with Gasteiger partial charge < -0.3 is 5.11 Å². The van der Waals surface area contributed by atoms with Gasteiger partial charge in [0.25, 0.3) is 0 Å². The Morgan fingerprint density at radius 3 is 2.31 bits per heavy atom.